The molecule has 16 heteroatoms. The smallest absolute Gasteiger partial charge is 0.410 e. The number of aromatic nitrogens is 7. The molecule has 5 aromatic heterocycles. The standard InChI is InChI=1S/C39H38Cl2FN9O4/c1-22-32-34(46-36(41)45-22)51(25-11-15-47(16-12-25)38(54)55-39(2,3)4)37(53)50(32)26-9-10-30(44-19-26)35(52)48-17-13-27-28-6-5-14-43-33(28)49(31(27)21-48)20-23-7-8-24(40)18-29(23)42/h5-10,14,18-19,25H,11-13,15-17,20-21H2,1-4H3. The van der Waals surface area contributed by atoms with Crippen LogP contribution in [0.15, 0.2) is 59.7 Å². The van der Waals surface area contributed by atoms with Crippen LogP contribution in [-0.2, 0) is 24.2 Å². The van der Waals surface area contributed by atoms with Gasteiger partial charge < -0.3 is 19.1 Å². The van der Waals surface area contributed by atoms with E-state index in [-0.39, 0.29) is 47.8 Å². The molecule has 284 valence electrons. The molecule has 0 saturated carbocycles. The lowest BCUT2D eigenvalue weighted by atomic mass is 10.0. The van der Waals surface area contributed by atoms with Gasteiger partial charge in [0.15, 0.2) is 5.65 Å². The molecule has 0 radical (unpaired) electrons. The molecule has 0 N–H and O–H groups in total. The number of pyridine rings is 2. The Bertz CT molecular complexity index is 2550. The normalized spacial score (nSPS) is 15.2. The van der Waals surface area contributed by atoms with Crippen LogP contribution in [0.4, 0.5) is 9.18 Å². The monoisotopic (exact) mass is 785 g/mol. The number of piperidine rings is 1. The van der Waals surface area contributed by atoms with Crippen LogP contribution in [0.1, 0.15) is 72.7 Å². The Balaban J connectivity index is 1.07. The number of imidazole rings is 1. The molecule has 13 nitrogen and oxygen atoms in total. The Kier molecular flexibility index (Phi) is 9.36. The zero-order valence-corrected chi connectivity index (χ0v) is 32.2. The molecule has 0 spiro atoms. The van der Waals surface area contributed by atoms with E-state index in [1.165, 1.54) is 16.8 Å². The summed E-state index contributed by atoms with van der Waals surface area (Å²) < 4.78 is 25.6. The van der Waals surface area contributed by atoms with E-state index in [1.807, 2.05) is 37.5 Å². The van der Waals surface area contributed by atoms with E-state index >= 15 is 0 Å². The second-order valence-electron chi connectivity index (χ2n) is 14.9. The van der Waals surface area contributed by atoms with Gasteiger partial charge in [-0.2, -0.15) is 4.98 Å². The molecular weight excluding hydrogens is 748 g/mol. The third kappa shape index (κ3) is 6.82. The molecule has 6 aromatic rings. The van der Waals surface area contributed by atoms with Crippen molar-refractivity contribution in [2.75, 3.05) is 19.6 Å². The molecule has 0 bridgehead atoms. The van der Waals surface area contributed by atoms with Crippen LogP contribution in [0.5, 0.6) is 0 Å². The summed E-state index contributed by atoms with van der Waals surface area (Å²) in [6.07, 6.45) is 4.41. The van der Waals surface area contributed by atoms with Gasteiger partial charge in [-0.3, -0.25) is 13.9 Å². The number of rotatable bonds is 5. The number of hydrogen-bond acceptors (Lipinski definition) is 8. The number of halogens is 3. The summed E-state index contributed by atoms with van der Waals surface area (Å²) in [5, 5.41) is 1.30. The van der Waals surface area contributed by atoms with Crippen molar-refractivity contribution in [2.45, 2.75) is 71.7 Å². The van der Waals surface area contributed by atoms with Gasteiger partial charge >= 0.3 is 11.8 Å². The van der Waals surface area contributed by atoms with Crippen molar-refractivity contribution in [1.82, 2.24) is 43.4 Å². The average Bonchev–Trinajstić information content (AvgIpc) is 3.62. The van der Waals surface area contributed by atoms with Gasteiger partial charge in [-0.05, 0) is 101 Å². The molecule has 2 aliphatic rings. The molecule has 1 fully saturated rings. The second-order valence-corrected chi connectivity index (χ2v) is 15.7. The first-order chi connectivity index (χ1) is 26.3. The van der Waals surface area contributed by atoms with E-state index in [9.17, 15) is 18.8 Å². The number of benzene rings is 1. The van der Waals surface area contributed by atoms with Crippen LogP contribution in [-0.4, -0.2) is 80.7 Å². The van der Waals surface area contributed by atoms with Crippen LogP contribution >= 0.6 is 23.2 Å². The molecule has 2 amide bonds. The minimum atomic E-state index is -0.617. The highest BCUT2D eigenvalue weighted by molar-refractivity contribution is 6.30. The second kappa shape index (κ2) is 14.1. The van der Waals surface area contributed by atoms with Crippen LogP contribution in [0, 0.1) is 12.7 Å². The molecule has 1 aromatic carbocycles. The Hall–Kier alpha value is -5.34. The SMILES string of the molecule is Cc1nc(Cl)nc2c1n(-c1ccc(C(=O)N3CCc4c(n(Cc5ccc(Cl)cc5F)c5ncccc45)C3)nc1)c(=O)n2C1CCN(C(=O)OC(C)(C)C)CC1. The topological polar surface area (TPSA) is 133 Å². The minimum absolute atomic E-state index is 0.0129. The molecule has 0 unspecified atom stereocenters. The molecule has 0 atom stereocenters. The Morgan fingerprint density at radius 2 is 1.76 bits per heavy atom. The highest BCUT2D eigenvalue weighted by Gasteiger charge is 2.32. The molecule has 2 aliphatic heterocycles. The number of hydrogen-bond donors (Lipinski definition) is 0. The summed E-state index contributed by atoms with van der Waals surface area (Å²) in [5.74, 6) is -0.694. The van der Waals surface area contributed by atoms with Gasteiger partial charge in [0.05, 0.1) is 30.7 Å². The van der Waals surface area contributed by atoms with Crippen molar-refractivity contribution >= 4 is 57.4 Å². The largest absolute Gasteiger partial charge is 0.444 e. The van der Waals surface area contributed by atoms with Crippen molar-refractivity contribution in [3.8, 4) is 5.69 Å². The molecular formula is C39H38Cl2FN9O4. The molecule has 8 rings (SSSR count). The number of aryl methyl sites for hydroxylation is 1. The van der Waals surface area contributed by atoms with Crippen molar-refractivity contribution in [1.29, 1.82) is 0 Å². The maximum absolute atomic E-state index is 14.9. The highest BCUT2D eigenvalue weighted by Crippen LogP contribution is 2.33. The maximum atomic E-state index is 14.9. The maximum Gasteiger partial charge on any atom is 0.410 e. The first-order valence-corrected chi connectivity index (χ1v) is 18.8. The van der Waals surface area contributed by atoms with E-state index in [0.717, 1.165) is 22.3 Å². The number of carbonyl (C=O) groups excluding carboxylic acids is 2. The number of ether oxygens (including phenoxy) is 1. The average molecular weight is 787 g/mol. The first-order valence-electron chi connectivity index (χ1n) is 18.1. The zero-order valence-electron chi connectivity index (χ0n) is 30.7. The van der Waals surface area contributed by atoms with Crippen molar-refractivity contribution in [3.63, 3.8) is 0 Å². The molecule has 1 saturated heterocycles. The Morgan fingerprint density at radius 3 is 2.47 bits per heavy atom. The summed E-state index contributed by atoms with van der Waals surface area (Å²) >= 11 is 12.3. The van der Waals surface area contributed by atoms with E-state index in [4.69, 9.17) is 27.9 Å². The van der Waals surface area contributed by atoms with E-state index in [1.54, 1.807) is 51.8 Å². The summed E-state index contributed by atoms with van der Waals surface area (Å²) in [7, 11) is 0. The van der Waals surface area contributed by atoms with Crippen LogP contribution in [0.2, 0.25) is 10.3 Å². The van der Waals surface area contributed by atoms with Gasteiger partial charge in [-0.15, -0.1) is 0 Å². The van der Waals surface area contributed by atoms with E-state index < -0.39 is 11.4 Å². The minimum Gasteiger partial charge on any atom is -0.444 e. The predicted molar refractivity (Wildman–Crippen MR) is 205 cm³/mol. The van der Waals surface area contributed by atoms with Crippen LogP contribution < -0.4 is 5.69 Å². The molecule has 55 heavy (non-hydrogen) atoms. The number of fused-ring (bicyclic) bond motifs is 4. The van der Waals surface area contributed by atoms with Gasteiger partial charge in [0.1, 0.15) is 28.3 Å². The number of likely N-dealkylation sites (tertiary alicyclic amines) is 1. The van der Waals surface area contributed by atoms with Gasteiger partial charge in [0, 0.05) is 53.5 Å². The summed E-state index contributed by atoms with van der Waals surface area (Å²) in [4.78, 5) is 62.4. The van der Waals surface area contributed by atoms with Crippen molar-refractivity contribution < 1.29 is 18.7 Å². The summed E-state index contributed by atoms with van der Waals surface area (Å²) in [6.45, 7) is 8.99. The lowest BCUT2D eigenvalue weighted by molar-refractivity contribution is 0.0188. The number of nitrogens with zero attached hydrogens (tertiary/aromatic N) is 9. The first kappa shape index (κ1) is 36.6. The van der Waals surface area contributed by atoms with Crippen molar-refractivity contribution in [2.24, 2.45) is 0 Å². The van der Waals surface area contributed by atoms with Gasteiger partial charge in [0.25, 0.3) is 5.91 Å². The summed E-state index contributed by atoms with van der Waals surface area (Å²) in [5.41, 5.74) is 4.17. The number of amides is 2. The Morgan fingerprint density at radius 1 is 0.982 bits per heavy atom. The quantitative estimate of drug-likeness (QED) is 0.173. The summed E-state index contributed by atoms with van der Waals surface area (Å²) in [6, 6.07) is 11.5. The third-order valence-electron chi connectivity index (χ3n) is 10.2. The third-order valence-corrected chi connectivity index (χ3v) is 10.6. The fourth-order valence-electron chi connectivity index (χ4n) is 7.67. The lowest BCUT2D eigenvalue weighted by Gasteiger charge is -2.33. The fraction of sp³-hybridized carbons (Fsp3) is 0.359. The fourth-order valence-corrected chi connectivity index (χ4v) is 8.04. The zero-order chi connectivity index (χ0) is 38.8. The van der Waals surface area contributed by atoms with Crippen LogP contribution in [0.25, 0.3) is 27.9 Å². The molecule has 0 aliphatic carbocycles. The Labute approximate surface area is 325 Å². The van der Waals surface area contributed by atoms with Gasteiger partial charge in [-0.25, -0.2) is 28.9 Å². The predicted octanol–water partition coefficient (Wildman–Crippen LogP) is 6.90. The van der Waals surface area contributed by atoms with E-state index in [0.29, 0.717) is 72.0 Å². The van der Waals surface area contributed by atoms with Crippen molar-refractivity contribution in [3.05, 3.63) is 110 Å². The van der Waals surface area contributed by atoms with Crippen LogP contribution in [0.3, 0.4) is 0 Å². The molecule has 7 heterocycles. The van der Waals surface area contributed by atoms with Gasteiger partial charge in [0.2, 0.25) is 5.28 Å². The van der Waals surface area contributed by atoms with E-state index in [2.05, 4.69) is 19.9 Å². The van der Waals surface area contributed by atoms with Gasteiger partial charge in [-0.1, -0.05) is 17.7 Å². The highest BCUT2D eigenvalue weighted by atomic mass is 35.5. The lowest BCUT2D eigenvalue weighted by Crippen LogP contribution is -2.43. The number of carbonyl (C=O) groups is 2.